The van der Waals surface area contributed by atoms with Crippen LogP contribution in [0.4, 0.5) is 0 Å². The average Bonchev–Trinajstić information content (AvgIpc) is 2.23. The Bertz CT molecular complexity index is 190. The second-order valence-corrected chi connectivity index (χ2v) is 5.32. The third-order valence-corrected chi connectivity index (χ3v) is 3.81. The lowest BCUT2D eigenvalue weighted by atomic mass is 10.6. The Balaban J connectivity index is 3.62. The summed E-state index contributed by atoms with van der Waals surface area (Å²) >= 11 is 0. The first kappa shape index (κ1) is 13.3. The summed E-state index contributed by atoms with van der Waals surface area (Å²) in [6.45, 7) is 5.44. The molecule has 82 valence electrons. The van der Waals surface area contributed by atoms with E-state index in [1.54, 1.807) is 6.55 Å². The molecule has 0 spiro atoms. The second kappa shape index (κ2) is 6.72. The highest BCUT2D eigenvalue weighted by molar-refractivity contribution is 6.59. The Hall–Kier alpha value is -0.693. The maximum absolute atomic E-state index is 10.6. The fourth-order valence-corrected chi connectivity index (χ4v) is 1.49. The van der Waals surface area contributed by atoms with E-state index in [4.69, 9.17) is 18.0 Å². The number of hydrogen-bond donors (Lipinski definition) is 0. The van der Waals surface area contributed by atoms with Gasteiger partial charge in [-0.05, 0) is 0 Å². The smallest absolute Gasteiger partial charge is 0.460 e. The number of hydrogen-bond acceptors (Lipinski definition) is 5. The lowest BCUT2D eigenvalue weighted by Gasteiger charge is -2.21. The van der Waals surface area contributed by atoms with Gasteiger partial charge in [-0.3, -0.25) is 0 Å². The quantitative estimate of drug-likeness (QED) is 0.272. The minimum Gasteiger partial charge on any atom is -0.460 e. The predicted molar refractivity (Wildman–Crippen MR) is 52.7 cm³/mol. The van der Waals surface area contributed by atoms with Crippen LogP contribution in [0.2, 0.25) is 6.55 Å². The fraction of sp³-hybridized carbons (Fsp3) is 0.625. The van der Waals surface area contributed by atoms with Crippen molar-refractivity contribution in [2.75, 3.05) is 27.4 Å². The number of esters is 1. The van der Waals surface area contributed by atoms with Crippen LogP contribution in [0.5, 0.6) is 0 Å². The Morgan fingerprint density at radius 1 is 1.36 bits per heavy atom. The van der Waals surface area contributed by atoms with E-state index in [0.717, 1.165) is 6.08 Å². The van der Waals surface area contributed by atoms with Crippen LogP contribution in [0.15, 0.2) is 12.7 Å². The zero-order valence-corrected chi connectivity index (χ0v) is 9.74. The molecule has 6 heteroatoms. The molecule has 0 saturated carbocycles. The summed E-state index contributed by atoms with van der Waals surface area (Å²) in [6, 6.07) is 0. The molecule has 0 saturated heterocycles. The van der Waals surface area contributed by atoms with Crippen LogP contribution >= 0.6 is 0 Å². The lowest BCUT2D eigenvalue weighted by molar-refractivity contribution is -0.138. The van der Waals surface area contributed by atoms with Crippen molar-refractivity contribution in [2.45, 2.75) is 6.55 Å². The zero-order valence-electron chi connectivity index (χ0n) is 8.74. The van der Waals surface area contributed by atoms with E-state index in [-0.39, 0.29) is 13.2 Å². The van der Waals surface area contributed by atoms with Crippen molar-refractivity contribution in [3.8, 4) is 0 Å². The molecular weight excluding hydrogens is 204 g/mol. The van der Waals surface area contributed by atoms with Gasteiger partial charge in [-0.25, -0.2) is 4.79 Å². The second-order valence-electron chi connectivity index (χ2n) is 2.49. The Morgan fingerprint density at radius 2 is 1.93 bits per heavy atom. The van der Waals surface area contributed by atoms with Crippen molar-refractivity contribution in [3.05, 3.63) is 12.7 Å². The topological polar surface area (TPSA) is 54.0 Å². The largest absolute Gasteiger partial charge is 0.497 e. The molecule has 0 aliphatic carbocycles. The normalized spacial score (nSPS) is 11.1. The molecule has 0 rings (SSSR count). The molecule has 0 unspecified atom stereocenters. The van der Waals surface area contributed by atoms with E-state index in [2.05, 4.69) is 6.58 Å². The molecule has 0 aliphatic rings. The number of carbonyl (C=O) groups is 1. The summed E-state index contributed by atoms with van der Waals surface area (Å²) in [5.74, 6) is -0.466. The minimum atomic E-state index is -2.50. The van der Waals surface area contributed by atoms with E-state index in [1.807, 2.05) is 0 Å². The van der Waals surface area contributed by atoms with Gasteiger partial charge in [-0.15, -0.1) is 0 Å². The van der Waals surface area contributed by atoms with Crippen LogP contribution in [-0.2, 0) is 22.8 Å². The molecule has 0 aromatic rings. The Morgan fingerprint density at radius 3 is 2.36 bits per heavy atom. The first-order valence-corrected chi connectivity index (χ1v) is 6.34. The van der Waals surface area contributed by atoms with Crippen molar-refractivity contribution in [3.63, 3.8) is 0 Å². The van der Waals surface area contributed by atoms with E-state index >= 15 is 0 Å². The summed E-state index contributed by atoms with van der Waals surface area (Å²) in [6.07, 6.45) is 1.10. The van der Waals surface area contributed by atoms with Gasteiger partial charge >= 0.3 is 14.8 Å². The van der Waals surface area contributed by atoms with Gasteiger partial charge in [0.1, 0.15) is 6.61 Å². The molecule has 0 heterocycles. The molecule has 0 fully saturated rings. The third kappa shape index (κ3) is 5.13. The van der Waals surface area contributed by atoms with Crippen molar-refractivity contribution in [1.82, 2.24) is 0 Å². The van der Waals surface area contributed by atoms with Crippen molar-refractivity contribution in [1.29, 1.82) is 0 Å². The Kier molecular flexibility index (Phi) is 6.38. The minimum absolute atomic E-state index is 0.167. The third-order valence-electron chi connectivity index (χ3n) is 1.60. The monoisotopic (exact) mass is 220 g/mol. The average molecular weight is 220 g/mol. The van der Waals surface area contributed by atoms with Gasteiger partial charge in [0.25, 0.3) is 0 Å². The summed E-state index contributed by atoms with van der Waals surface area (Å²) < 4.78 is 20.1. The highest BCUT2D eigenvalue weighted by atomic mass is 28.4. The van der Waals surface area contributed by atoms with Gasteiger partial charge in [0.05, 0.1) is 6.61 Å². The number of rotatable bonds is 7. The van der Waals surface area contributed by atoms with Crippen LogP contribution in [0.25, 0.3) is 0 Å². The summed E-state index contributed by atoms with van der Waals surface area (Å²) in [7, 11) is 0.542. The maximum Gasteiger partial charge on any atom is 0.497 e. The van der Waals surface area contributed by atoms with Gasteiger partial charge < -0.3 is 18.0 Å². The fourth-order valence-electron chi connectivity index (χ4n) is 0.629. The Labute approximate surface area is 85.0 Å². The first-order chi connectivity index (χ1) is 6.58. The van der Waals surface area contributed by atoms with Gasteiger partial charge in [0, 0.05) is 26.8 Å². The molecule has 0 aromatic heterocycles. The predicted octanol–water partition coefficient (Wildman–Crippen LogP) is 0.594. The summed E-state index contributed by atoms with van der Waals surface area (Å²) in [5, 5.41) is 0. The van der Waals surface area contributed by atoms with Crippen LogP contribution in [0.1, 0.15) is 0 Å². The molecule has 0 bridgehead atoms. The van der Waals surface area contributed by atoms with Crippen molar-refractivity contribution >= 4 is 14.8 Å². The van der Waals surface area contributed by atoms with E-state index in [1.165, 1.54) is 14.2 Å². The van der Waals surface area contributed by atoms with E-state index < -0.39 is 14.8 Å². The van der Waals surface area contributed by atoms with Crippen molar-refractivity contribution < 1.29 is 22.8 Å². The zero-order chi connectivity index (χ0) is 11.0. The van der Waals surface area contributed by atoms with Crippen LogP contribution < -0.4 is 0 Å². The summed E-state index contributed by atoms with van der Waals surface area (Å²) in [4.78, 5) is 10.6. The summed E-state index contributed by atoms with van der Waals surface area (Å²) in [5.41, 5.74) is 0. The van der Waals surface area contributed by atoms with E-state index in [9.17, 15) is 4.79 Å². The van der Waals surface area contributed by atoms with Gasteiger partial charge in [0.2, 0.25) is 0 Å². The molecule has 0 aliphatic heterocycles. The number of ether oxygens (including phenoxy) is 1. The van der Waals surface area contributed by atoms with E-state index in [0.29, 0.717) is 0 Å². The highest BCUT2D eigenvalue weighted by Gasteiger charge is 2.31. The molecular formula is C8H16O5Si. The SMILES string of the molecule is C=CC(=O)OCCO[Si](C)(OC)OC. The number of carbonyl (C=O) groups excluding carboxylic acids is 1. The van der Waals surface area contributed by atoms with Crippen molar-refractivity contribution in [2.24, 2.45) is 0 Å². The van der Waals surface area contributed by atoms with Gasteiger partial charge in [0.15, 0.2) is 0 Å². The van der Waals surface area contributed by atoms with Gasteiger partial charge in [-0.1, -0.05) is 6.58 Å². The molecule has 0 radical (unpaired) electrons. The standard InChI is InChI=1S/C8H16O5Si/c1-5-8(9)12-6-7-13-14(4,10-2)11-3/h5H,1,6-7H2,2-4H3. The first-order valence-electron chi connectivity index (χ1n) is 4.11. The van der Waals surface area contributed by atoms with Crippen LogP contribution in [0.3, 0.4) is 0 Å². The van der Waals surface area contributed by atoms with Crippen LogP contribution in [-0.4, -0.2) is 42.2 Å². The highest BCUT2D eigenvalue weighted by Crippen LogP contribution is 2.05. The maximum atomic E-state index is 10.6. The molecule has 0 atom stereocenters. The molecule has 0 amide bonds. The van der Waals surface area contributed by atoms with Crippen LogP contribution in [0, 0.1) is 0 Å². The molecule has 5 nitrogen and oxygen atoms in total. The lowest BCUT2D eigenvalue weighted by Crippen LogP contribution is -2.41. The molecule has 0 N–H and O–H groups in total. The molecule has 14 heavy (non-hydrogen) atoms. The molecule has 0 aromatic carbocycles. The van der Waals surface area contributed by atoms with Gasteiger partial charge in [-0.2, -0.15) is 0 Å².